The molecule has 18 heteroatoms. The Morgan fingerprint density at radius 3 is 1.53 bits per heavy atom. The molecule has 4 aromatic heterocycles. The van der Waals surface area contributed by atoms with E-state index in [2.05, 4.69) is 38.4 Å². The Balaban J connectivity index is 0.000000419. The minimum Gasteiger partial charge on any atom is -0.480 e. The summed E-state index contributed by atoms with van der Waals surface area (Å²) in [6.45, 7) is 24.1. The number of carbonyl (C=O) groups is 4. The molecule has 75 heavy (non-hydrogen) atoms. The van der Waals surface area contributed by atoms with Crippen molar-refractivity contribution in [1.29, 1.82) is 0 Å². The van der Waals surface area contributed by atoms with E-state index in [9.17, 15) is 28.8 Å². The maximum atomic E-state index is 13.7. The van der Waals surface area contributed by atoms with E-state index in [0.29, 0.717) is 45.3 Å². The molecule has 6 atom stereocenters. The fraction of sp³-hybridized carbons (Fsp3) is 0.579. The molecule has 6 heterocycles. The topological polar surface area (TPSA) is 228 Å². The second-order valence-electron chi connectivity index (χ2n) is 20.0. The van der Waals surface area contributed by atoms with Gasteiger partial charge in [0.05, 0.1) is 82.3 Å². The van der Waals surface area contributed by atoms with E-state index in [1.807, 2.05) is 73.6 Å². The summed E-state index contributed by atoms with van der Waals surface area (Å²) >= 11 is 0. The number of ketones is 1. The van der Waals surface area contributed by atoms with Crippen molar-refractivity contribution in [3.05, 3.63) is 116 Å². The van der Waals surface area contributed by atoms with Gasteiger partial charge in [0, 0.05) is 80.5 Å². The van der Waals surface area contributed by atoms with E-state index < -0.39 is 30.0 Å². The third-order valence-corrected chi connectivity index (χ3v) is 13.0. The summed E-state index contributed by atoms with van der Waals surface area (Å²) in [5.74, 6) is -1.71. The van der Waals surface area contributed by atoms with Gasteiger partial charge in [-0.05, 0) is 113 Å². The number of nitrogens with two attached hydrogens (primary N) is 1. The number of carbonyl (C=O) groups excluding carboxylic acids is 3. The highest BCUT2D eigenvalue weighted by molar-refractivity contribution is 5.84. The number of aryl methyl sites for hydroxylation is 4. The van der Waals surface area contributed by atoms with Gasteiger partial charge in [0.15, 0.2) is 5.78 Å². The van der Waals surface area contributed by atoms with E-state index in [1.165, 1.54) is 29.4 Å². The van der Waals surface area contributed by atoms with Gasteiger partial charge in [-0.2, -0.15) is 0 Å². The third-order valence-electron chi connectivity index (χ3n) is 13.0. The van der Waals surface area contributed by atoms with E-state index in [0.717, 1.165) is 58.1 Å². The lowest BCUT2D eigenvalue weighted by molar-refractivity contribution is -0.142. The van der Waals surface area contributed by atoms with E-state index in [1.54, 1.807) is 36.9 Å². The normalized spacial score (nSPS) is 16.8. The highest BCUT2D eigenvalue weighted by Gasteiger charge is 2.30. The predicted molar refractivity (Wildman–Crippen MR) is 295 cm³/mol. The van der Waals surface area contributed by atoms with E-state index in [4.69, 9.17) is 25.1 Å². The number of aromatic nitrogens is 4. The molecule has 0 aliphatic carbocycles. The van der Waals surface area contributed by atoms with Crippen LogP contribution in [-0.4, -0.2) is 114 Å². The molecule has 4 aromatic rings. The Morgan fingerprint density at radius 1 is 0.680 bits per heavy atom. The summed E-state index contributed by atoms with van der Waals surface area (Å²) in [7, 11) is 2.71. The average Bonchev–Trinajstić information content (AvgIpc) is 3.33. The van der Waals surface area contributed by atoms with Crippen LogP contribution in [0.2, 0.25) is 0 Å². The van der Waals surface area contributed by atoms with Crippen molar-refractivity contribution in [2.24, 2.45) is 17.6 Å². The molecule has 2 fully saturated rings. The van der Waals surface area contributed by atoms with Crippen LogP contribution in [0.5, 0.6) is 0 Å². The second-order valence-corrected chi connectivity index (χ2v) is 20.0. The summed E-state index contributed by atoms with van der Waals surface area (Å²) in [6, 6.07) is 9.38. The molecule has 0 saturated carbocycles. The maximum absolute atomic E-state index is 13.7. The number of morpholine rings is 2. The van der Waals surface area contributed by atoms with Crippen LogP contribution in [0.3, 0.4) is 0 Å². The standard InChI is InChI=1S/C28H39N3O5.C15H23N3O3.C12H17NO3.2CH4/c1-18(2)11-25(31-8-7-19(3)12-27(31)33)26(32)14-22(15-28(34)35-6)23-13-24(21(5)29-16-23)30-9-10-36-17-20(30)4;1-10-9-21-5-4-18(10)14-6-12(8-17-11(14)2)13(16)7-15(19)20-3;1-8(2)6-10(12(15)16)13-5-4-9(3)7-11(13)14;;/h7-8,12-13,16,18,20,22,25H,9-11,14-15,17H2,1-6H3;6,8,10,13H,4-5,7,9,16H2,1-3H3;4-5,7-8,10H,6H2,1-3H3,(H,15,16);2*1H4/t20-,22?,25?;10-,13?;10-;;/m000../s1. The van der Waals surface area contributed by atoms with Gasteiger partial charge < -0.3 is 48.7 Å². The Morgan fingerprint density at radius 2 is 1.11 bits per heavy atom. The number of aliphatic carboxylic acids is 1. The number of carboxylic acids is 1. The SMILES string of the molecule is C.C.COC(=O)CC(CC(=O)C(CC(C)C)n1ccc(C)cc1=O)c1cnc(C)c(N2CCOC[C@@H]2C)c1.COC(=O)CC(N)c1cnc(C)c(N2CCOC[C@@H]2C)c1.Cc1ccn([C@@H](CC(C)C)C(=O)O)c(=O)c1. The first-order valence-corrected chi connectivity index (χ1v) is 25.2. The average molecular weight is 1050 g/mol. The summed E-state index contributed by atoms with van der Waals surface area (Å²) in [5, 5.41) is 9.11. The number of rotatable bonds is 18. The Kier molecular flexibility index (Phi) is 26.8. The highest BCUT2D eigenvalue weighted by Crippen LogP contribution is 2.33. The lowest BCUT2D eigenvalue weighted by Gasteiger charge is -2.36. The number of pyridine rings is 4. The number of nitrogens with zero attached hydrogens (tertiary/aromatic N) is 6. The van der Waals surface area contributed by atoms with E-state index in [-0.39, 0.29) is 80.8 Å². The van der Waals surface area contributed by atoms with Crippen LogP contribution in [0.15, 0.2) is 70.8 Å². The monoisotopic (exact) mass is 1050 g/mol. The van der Waals surface area contributed by atoms with Gasteiger partial charge in [-0.1, -0.05) is 42.5 Å². The molecule has 0 bridgehead atoms. The van der Waals surface area contributed by atoms with Crippen LogP contribution < -0.4 is 26.7 Å². The number of anilines is 2. The number of Topliss-reactive ketones (excluding diaryl/α,β-unsaturated/α-hetero) is 1. The fourth-order valence-electron chi connectivity index (χ4n) is 8.92. The number of hydrogen-bond acceptors (Lipinski definition) is 15. The number of carboxylic acid groups (broad SMARTS) is 1. The number of hydrogen-bond donors (Lipinski definition) is 2. The van der Waals surface area contributed by atoms with Crippen molar-refractivity contribution in [2.45, 2.75) is 152 Å². The van der Waals surface area contributed by atoms with Crippen molar-refractivity contribution in [2.75, 3.05) is 63.5 Å². The van der Waals surface area contributed by atoms with Gasteiger partial charge in [0.1, 0.15) is 6.04 Å². The minimum atomic E-state index is -0.959. The first-order chi connectivity index (χ1) is 34.5. The summed E-state index contributed by atoms with van der Waals surface area (Å²) in [6.07, 6.45) is 8.05. The highest BCUT2D eigenvalue weighted by atomic mass is 16.5. The zero-order valence-corrected chi connectivity index (χ0v) is 45.0. The quantitative estimate of drug-likeness (QED) is 0.0894. The van der Waals surface area contributed by atoms with Crippen LogP contribution in [0.1, 0.15) is 146 Å². The van der Waals surface area contributed by atoms with Gasteiger partial charge in [-0.3, -0.25) is 33.9 Å². The van der Waals surface area contributed by atoms with E-state index >= 15 is 0 Å². The smallest absolute Gasteiger partial charge is 0.326 e. The van der Waals surface area contributed by atoms with Crippen molar-refractivity contribution >= 4 is 35.1 Å². The molecule has 0 aromatic carbocycles. The number of methoxy groups -OCH3 is 2. The third kappa shape index (κ3) is 19.1. The molecule has 0 radical (unpaired) electrons. The first kappa shape index (κ1) is 64.9. The Bertz CT molecular complexity index is 2600. The molecule has 18 nitrogen and oxygen atoms in total. The zero-order chi connectivity index (χ0) is 54.1. The van der Waals surface area contributed by atoms with Gasteiger partial charge >= 0.3 is 17.9 Å². The zero-order valence-electron chi connectivity index (χ0n) is 45.0. The maximum Gasteiger partial charge on any atom is 0.326 e. The van der Waals surface area contributed by atoms with Crippen LogP contribution in [0, 0.1) is 39.5 Å². The van der Waals surface area contributed by atoms with Crippen molar-refractivity contribution in [3.8, 4) is 0 Å². The molecular weight excluding hydrogens is 959 g/mol. The molecule has 3 unspecified atom stereocenters. The van der Waals surface area contributed by atoms with Crippen LogP contribution >= 0.6 is 0 Å². The molecule has 0 spiro atoms. The molecule has 416 valence electrons. The summed E-state index contributed by atoms with van der Waals surface area (Å²) in [4.78, 5) is 86.5. The molecule has 6 rings (SSSR count). The lowest BCUT2D eigenvalue weighted by atomic mass is 9.87. The Hall–Kier alpha value is -6.24. The van der Waals surface area contributed by atoms with Crippen LogP contribution in [-0.2, 0) is 38.1 Å². The van der Waals surface area contributed by atoms with Crippen LogP contribution in [0.25, 0.3) is 0 Å². The van der Waals surface area contributed by atoms with Crippen molar-refractivity contribution in [3.63, 3.8) is 0 Å². The van der Waals surface area contributed by atoms with Gasteiger partial charge in [-0.15, -0.1) is 0 Å². The molecule has 2 aliphatic rings. The molecule has 0 amide bonds. The fourth-order valence-corrected chi connectivity index (χ4v) is 8.92. The second kappa shape index (κ2) is 31.0. The number of esters is 2. The predicted octanol–water partition coefficient (Wildman–Crippen LogP) is 8.26. The minimum absolute atomic E-state index is 0. The van der Waals surface area contributed by atoms with Crippen molar-refractivity contribution in [1.82, 2.24) is 19.1 Å². The first-order valence-electron chi connectivity index (χ1n) is 25.2. The van der Waals surface area contributed by atoms with Gasteiger partial charge in [0.2, 0.25) is 0 Å². The van der Waals surface area contributed by atoms with Crippen molar-refractivity contribution < 1.29 is 43.2 Å². The number of ether oxygens (including phenoxy) is 4. The largest absolute Gasteiger partial charge is 0.480 e. The molecular formula is C57H87N7O11. The Labute approximate surface area is 444 Å². The molecule has 3 N–H and O–H groups in total. The lowest BCUT2D eigenvalue weighted by Crippen LogP contribution is -2.44. The molecule has 2 saturated heterocycles. The van der Waals surface area contributed by atoms with Gasteiger partial charge in [0.25, 0.3) is 11.1 Å². The summed E-state index contributed by atoms with van der Waals surface area (Å²) in [5.41, 5.74) is 12.9. The van der Waals surface area contributed by atoms with Gasteiger partial charge in [-0.25, -0.2) is 4.79 Å². The molecule has 2 aliphatic heterocycles. The summed E-state index contributed by atoms with van der Waals surface area (Å²) < 4.78 is 23.5. The van der Waals surface area contributed by atoms with Crippen LogP contribution in [0.4, 0.5) is 11.4 Å².